The number of esters is 3. The van der Waals surface area contributed by atoms with Crippen LogP contribution in [0.1, 0.15) is 27.2 Å². The lowest BCUT2D eigenvalue weighted by molar-refractivity contribution is -0.326. The second-order valence-corrected chi connectivity index (χ2v) is 8.34. The summed E-state index contributed by atoms with van der Waals surface area (Å²) in [7, 11) is 0. The molecule has 2 aliphatic rings. The van der Waals surface area contributed by atoms with Crippen molar-refractivity contribution in [2.75, 3.05) is 6.54 Å². The SMILES string of the molecule is CC(=O)O[C@H]1[C@H](O[C@H]2O[C@H](CN=[N+]=[N-])C(F)(F)[C@H](OC(C)=O)C2N=[N+]=[N-])C(N=[N+]=[N-])CC(N=[N+]=[N-])[C@@H]1OC(C)=O. The highest BCUT2D eigenvalue weighted by Crippen LogP contribution is 2.41. The van der Waals surface area contributed by atoms with Gasteiger partial charge in [0.15, 0.2) is 18.5 Å². The van der Waals surface area contributed by atoms with Crippen molar-refractivity contribution in [1.29, 1.82) is 0 Å². The van der Waals surface area contributed by atoms with Crippen molar-refractivity contribution in [3.05, 3.63) is 41.8 Å². The highest BCUT2D eigenvalue weighted by atomic mass is 19.3. The van der Waals surface area contributed by atoms with E-state index in [0.29, 0.717) is 0 Å². The normalized spacial score (nSPS) is 32.4. The standard InChI is InChI=1S/C18H22F2N12O8/c1-6(33)36-13-9(26-30-22)4-10(27-31-23)14(15(13)37-7(2)34)40-17-12(28-32-24)16(38-8(3)35)18(19,20)11(39-17)5-25-29-21/h9-17H,4-5H2,1-3H3/t9?,10?,11-,12?,13+,14-,15-,16-,17-/m1/s1. The van der Waals surface area contributed by atoms with E-state index >= 15 is 8.78 Å². The Morgan fingerprint density at radius 1 is 0.825 bits per heavy atom. The van der Waals surface area contributed by atoms with Crippen LogP contribution in [0.15, 0.2) is 20.5 Å². The maximum absolute atomic E-state index is 15.3. The van der Waals surface area contributed by atoms with Crippen molar-refractivity contribution in [3.8, 4) is 0 Å². The minimum Gasteiger partial charge on any atom is -0.458 e. The molecule has 216 valence electrons. The summed E-state index contributed by atoms with van der Waals surface area (Å²) in [5, 5.41) is 13.4. The summed E-state index contributed by atoms with van der Waals surface area (Å²) >= 11 is 0. The van der Waals surface area contributed by atoms with Crippen LogP contribution in [-0.2, 0) is 38.1 Å². The van der Waals surface area contributed by atoms with E-state index in [2.05, 4.69) is 40.1 Å². The Morgan fingerprint density at radius 2 is 1.35 bits per heavy atom. The first-order valence-corrected chi connectivity index (χ1v) is 11.2. The zero-order valence-electron chi connectivity index (χ0n) is 21.0. The molecule has 2 fully saturated rings. The third kappa shape index (κ3) is 7.51. The van der Waals surface area contributed by atoms with E-state index in [1.165, 1.54) is 0 Å². The Bertz CT molecular complexity index is 1180. The summed E-state index contributed by atoms with van der Waals surface area (Å²) in [4.78, 5) is 45.7. The number of hydrogen-bond acceptors (Lipinski definition) is 12. The minimum absolute atomic E-state index is 0.348. The monoisotopic (exact) mass is 572 g/mol. The minimum atomic E-state index is -4.07. The highest BCUT2D eigenvalue weighted by molar-refractivity contribution is 5.67. The Balaban J connectivity index is 2.67. The molecule has 0 radical (unpaired) electrons. The predicted molar refractivity (Wildman–Crippen MR) is 123 cm³/mol. The lowest BCUT2D eigenvalue weighted by atomic mass is 9.83. The highest BCUT2D eigenvalue weighted by Gasteiger charge is 2.61. The smallest absolute Gasteiger partial charge is 0.310 e. The van der Waals surface area contributed by atoms with E-state index in [1.807, 2.05) is 0 Å². The number of hydrogen-bond donors (Lipinski definition) is 0. The largest absolute Gasteiger partial charge is 0.458 e. The molecule has 3 unspecified atom stereocenters. The third-order valence-corrected chi connectivity index (χ3v) is 5.67. The number of halogens is 2. The van der Waals surface area contributed by atoms with Gasteiger partial charge in [0.25, 0.3) is 0 Å². The van der Waals surface area contributed by atoms with Gasteiger partial charge < -0.3 is 23.7 Å². The maximum Gasteiger partial charge on any atom is 0.310 e. The summed E-state index contributed by atoms with van der Waals surface area (Å²) in [5.41, 5.74) is 35.8. The van der Waals surface area contributed by atoms with Gasteiger partial charge in [0.2, 0.25) is 0 Å². The van der Waals surface area contributed by atoms with Gasteiger partial charge in [-0.1, -0.05) is 20.5 Å². The number of azide groups is 4. The molecule has 0 N–H and O–H groups in total. The summed E-state index contributed by atoms with van der Waals surface area (Å²) in [6.07, 6.45) is -12.0. The molecular formula is C18H22F2N12O8. The van der Waals surface area contributed by atoms with Crippen LogP contribution >= 0.6 is 0 Å². The van der Waals surface area contributed by atoms with Crippen LogP contribution in [0.25, 0.3) is 41.8 Å². The van der Waals surface area contributed by atoms with Gasteiger partial charge in [-0.2, -0.15) is 8.78 Å². The maximum atomic E-state index is 15.3. The second kappa shape index (κ2) is 14.0. The molecule has 1 aliphatic carbocycles. The average molecular weight is 572 g/mol. The Kier molecular flexibility index (Phi) is 11.1. The molecular weight excluding hydrogens is 550 g/mol. The quantitative estimate of drug-likeness (QED) is 0.123. The lowest BCUT2D eigenvalue weighted by Crippen LogP contribution is -2.66. The molecule has 40 heavy (non-hydrogen) atoms. The van der Waals surface area contributed by atoms with Gasteiger partial charge >= 0.3 is 23.8 Å². The summed E-state index contributed by atoms with van der Waals surface area (Å²) in [5.74, 6) is -7.12. The van der Waals surface area contributed by atoms with Crippen molar-refractivity contribution < 1.29 is 46.8 Å². The fourth-order valence-electron chi connectivity index (χ4n) is 4.26. The van der Waals surface area contributed by atoms with Crippen molar-refractivity contribution in [1.82, 2.24) is 0 Å². The molecule has 20 nitrogen and oxygen atoms in total. The number of carbonyl (C=O) groups excluding carboxylic acids is 3. The van der Waals surface area contributed by atoms with Gasteiger partial charge in [-0.05, 0) is 28.5 Å². The zero-order valence-corrected chi connectivity index (χ0v) is 21.0. The van der Waals surface area contributed by atoms with E-state index in [1.54, 1.807) is 0 Å². The van der Waals surface area contributed by atoms with E-state index in [0.717, 1.165) is 20.8 Å². The van der Waals surface area contributed by atoms with E-state index in [9.17, 15) is 14.4 Å². The Labute approximate surface area is 222 Å². The molecule has 1 saturated carbocycles. The molecule has 0 bridgehead atoms. The number of nitrogens with zero attached hydrogens (tertiary/aromatic N) is 12. The Hall–Kier alpha value is -4.57. The molecule has 0 spiro atoms. The molecule has 0 aromatic carbocycles. The second-order valence-electron chi connectivity index (χ2n) is 8.34. The van der Waals surface area contributed by atoms with Crippen LogP contribution < -0.4 is 0 Å². The van der Waals surface area contributed by atoms with Crippen LogP contribution in [0, 0.1) is 0 Å². The molecule has 1 aliphatic heterocycles. The van der Waals surface area contributed by atoms with Crippen LogP contribution in [-0.4, -0.2) is 85.3 Å². The Morgan fingerprint density at radius 3 is 1.85 bits per heavy atom. The topological polar surface area (TPSA) is 292 Å². The first-order chi connectivity index (χ1) is 18.9. The van der Waals surface area contributed by atoms with Crippen molar-refractivity contribution in [2.24, 2.45) is 20.5 Å². The van der Waals surface area contributed by atoms with E-state index in [4.69, 9.17) is 45.8 Å². The predicted octanol–water partition coefficient (Wildman–Crippen LogP) is 3.28. The molecule has 0 aromatic rings. The number of ether oxygens (including phenoxy) is 5. The van der Waals surface area contributed by atoms with E-state index < -0.39 is 85.3 Å². The molecule has 0 aromatic heterocycles. The summed E-state index contributed by atoms with van der Waals surface area (Å²) < 4.78 is 56.9. The first-order valence-electron chi connectivity index (χ1n) is 11.2. The van der Waals surface area contributed by atoms with Crippen LogP contribution in [0.5, 0.6) is 0 Å². The van der Waals surface area contributed by atoms with Gasteiger partial charge in [0.05, 0.1) is 18.6 Å². The average Bonchev–Trinajstić information content (AvgIpc) is 2.85. The fourth-order valence-corrected chi connectivity index (χ4v) is 4.26. The zero-order chi connectivity index (χ0) is 30.0. The van der Waals surface area contributed by atoms with Crippen LogP contribution in [0.2, 0.25) is 0 Å². The fraction of sp³-hybridized carbons (Fsp3) is 0.833. The van der Waals surface area contributed by atoms with Crippen molar-refractivity contribution in [2.45, 2.75) is 88.0 Å². The molecule has 1 heterocycles. The van der Waals surface area contributed by atoms with Crippen molar-refractivity contribution >= 4 is 17.9 Å². The van der Waals surface area contributed by atoms with Crippen LogP contribution in [0.4, 0.5) is 8.78 Å². The van der Waals surface area contributed by atoms with E-state index in [-0.39, 0.29) is 6.42 Å². The van der Waals surface area contributed by atoms with Gasteiger partial charge in [0, 0.05) is 40.4 Å². The van der Waals surface area contributed by atoms with Crippen molar-refractivity contribution in [3.63, 3.8) is 0 Å². The lowest BCUT2D eigenvalue weighted by Gasteiger charge is -2.47. The molecule has 2 rings (SSSR count). The first kappa shape index (κ1) is 31.6. The summed E-state index contributed by atoms with van der Waals surface area (Å²) in [6, 6.07) is -4.69. The van der Waals surface area contributed by atoms with Crippen LogP contribution in [0.3, 0.4) is 0 Å². The van der Waals surface area contributed by atoms with Gasteiger partial charge in [0.1, 0.15) is 24.4 Å². The summed E-state index contributed by atoms with van der Waals surface area (Å²) in [6.45, 7) is 1.79. The van der Waals surface area contributed by atoms with Gasteiger partial charge in [-0.3, -0.25) is 14.4 Å². The molecule has 0 amide bonds. The van der Waals surface area contributed by atoms with Gasteiger partial charge in [-0.25, -0.2) is 0 Å². The third-order valence-electron chi connectivity index (χ3n) is 5.67. The number of rotatable bonds is 10. The van der Waals surface area contributed by atoms with Gasteiger partial charge in [-0.15, -0.1) is 0 Å². The molecule has 22 heteroatoms. The number of carbonyl (C=O) groups is 3. The molecule has 9 atom stereocenters. The molecule has 1 saturated heterocycles. The number of alkyl halides is 2.